The fourth-order valence-corrected chi connectivity index (χ4v) is 6.85. The quantitative estimate of drug-likeness (QED) is 0.246. The SMILES string of the molecule is c1ccc(N(c2ccccc2)c2ccc3sc4ccc(-c5cccc6c5[nH]c5ccccc56)cc4c3c2)cc1. The molecule has 0 saturated heterocycles. The third-order valence-electron chi connectivity index (χ3n) is 7.59. The molecule has 0 fully saturated rings. The minimum atomic E-state index is 1.15. The first-order chi connectivity index (χ1) is 19.3. The Morgan fingerprint density at radius 2 is 1.10 bits per heavy atom. The van der Waals surface area contributed by atoms with E-state index >= 15 is 0 Å². The summed E-state index contributed by atoms with van der Waals surface area (Å²) < 4.78 is 2.61. The number of aromatic amines is 1. The van der Waals surface area contributed by atoms with Crippen LogP contribution in [0.25, 0.3) is 53.1 Å². The lowest BCUT2D eigenvalue weighted by Gasteiger charge is -2.25. The lowest BCUT2D eigenvalue weighted by atomic mass is 10.00. The Bertz CT molecular complexity index is 2080. The second kappa shape index (κ2) is 8.87. The number of hydrogen-bond acceptors (Lipinski definition) is 2. The molecule has 0 saturated carbocycles. The van der Waals surface area contributed by atoms with Gasteiger partial charge < -0.3 is 9.88 Å². The Kier molecular flexibility index (Phi) is 5.04. The third-order valence-corrected chi connectivity index (χ3v) is 8.74. The van der Waals surface area contributed by atoms with E-state index < -0.39 is 0 Å². The van der Waals surface area contributed by atoms with Crippen LogP contribution in [0.15, 0.2) is 140 Å². The van der Waals surface area contributed by atoms with E-state index in [0.717, 1.165) is 17.1 Å². The van der Waals surface area contributed by atoms with E-state index in [-0.39, 0.29) is 0 Å². The second-order valence-corrected chi connectivity index (χ2v) is 11.0. The van der Waals surface area contributed by atoms with Crippen LogP contribution in [-0.4, -0.2) is 4.98 Å². The number of nitrogens with one attached hydrogen (secondary N) is 1. The fraction of sp³-hybridized carbons (Fsp3) is 0. The molecule has 39 heavy (non-hydrogen) atoms. The van der Waals surface area contributed by atoms with Gasteiger partial charge in [-0.2, -0.15) is 0 Å². The molecule has 0 amide bonds. The van der Waals surface area contributed by atoms with Crippen LogP contribution >= 0.6 is 11.3 Å². The zero-order valence-corrected chi connectivity index (χ0v) is 22.0. The molecule has 6 aromatic carbocycles. The average molecular weight is 517 g/mol. The van der Waals surface area contributed by atoms with Crippen LogP contribution in [0.1, 0.15) is 0 Å². The van der Waals surface area contributed by atoms with Gasteiger partial charge in [0.2, 0.25) is 0 Å². The average Bonchev–Trinajstić information content (AvgIpc) is 3.56. The highest BCUT2D eigenvalue weighted by Crippen LogP contribution is 2.42. The van der Waals surface area contributed by atoms with Gasteiger partial charge in [0.25, 0.3) is 0 Å². The normalized spacial score (nSPS) is 11.6. The number of benzene rings is 6. The van der Waals surface area contributed by atoms with E-state index in [9.17, 15) is 0 Å². The molecule has 0 aliphatic carbocycles. The van der Waals surface area contributed by atoms with Gasteiger partial charge in [-0.3, -0.25) is 0 Å². The van der Waals surface area contributed by atoms with E-state index in [4.69, 9.17) is 0 Å². The first-order valence-electron chi connectivity index (χ1n) is 13.2. The van der Waals surface area contributed by atoms with Gasteiger partial charge in [0, 0.05) is 59.1 Å². The molecular weight excluding hydrogens is 492 g/mol. The predicted molar refractivity (Wildman–Crippen MR) is 169 cm³/mol. The highest BCUT2D eigenvalue weighted by molar-refractivity contribution is 7.25. The van der Waals surface area contributed by atoms with E-state index in [1.54, 1.807) is 0 Å². The molecule has 0 bridgehead atoms. The molecule has 0 radical (unpaired) electrons. The number of hydrogen-bond donors (Lipinski definition) is 1. The monoisotopic (exact) mass is 516 g/mol. The summed E-state index contributed by atoms with van der Waals surface area (Å²) in [5.41, 5.74) is 8.28. The number of H-pyrrole nitrogens is 1. The Balaban J connectivity index is 1.32. The van der Waals surface area contributed by atoms with Gasteiger partial charge in [-0.05, 0) is 66.2 Å². The standard InChI is InChI=1S/C36H24N2S/c1-3-10-25(11-4-1)38(26-12-5-2-6-13-26)27-19-21-35-32(23-27)31-22-24(18-20-34(31)39-35)28-15-9-16-30-29-14-7-8-17-33(29)37-36(28)30/h1-23,37H. The summed E-state index contributed by atoms with van der Waals surface area (Å²) in [6, 6.07) is 50.1. The largest absolute Gasteiger partial charge is 0.354 e. The summed E-state index contributed by atoms with van der Waals surface area (Å²) in [6.45, 7) is 0. The van der Waals surface area contributed by atoms with Crippen LogP contribution in [0.4, 0.5) is 17.1 Å². The molecule has 2 nitrogen and oxygen atoms in total. The number of aromatic nitrogens is 1. The molecule has 8 aromatic rings. The minimum Gasteiger partial charge on any atom is -0.354 e. The van der Waals surface area contributed by atoms with E-state index in [1.807, 2.05) is 11.3 Å². The van der Waals surface area contributed by atoms with Gasteiger partial charge in [-0.1, -0.05) is 78.9 Å². The van der Waals surface area contributed by atoms with Gasteiger partial charge in [0.15, 0.2) is 0 Å². The molecule has 0 aliphatic heterocycles. The number of rotatable bonds is 4. The maximum absolute atomic E-state index is 3.68. The smallest absolute Gasteiger partial charge is 0.0544 e. The first-order valence-corrected chi connectivity index (χ1v) is 14.0. The van der Waals surface area contributed by atoms with E-state index in [2.05, 4.69) is 149 Å². The predicted octanol–water partition coefficient (Wildman–Crippen LogP) is 10.8. The summed E-state index contributed by atoms with van der Waals surface area (Å²) in [7, 11) is 0. The molecule has 8 rings (SSSR count). The summed E-state index contributed by atoms with van der Waals surface area (Å²) in [4.78, 5) is 6.01. The van der Waals surface area contributed by atoms with E-state index in [1.165, 1.54) is 53.1 Å². The molecule has 0 spiro atoms. The van der Waals surface area contributed by atoms with Crippen molar-refractivity contribution in [3.05, 3.63) is 140 Å². The molecule has 2 heterocycles. The zero-order chi connectivity index (χ0) is 25.8. The minimum absolute atomic E-state index is 1.15. The van der Waals surface area contributed by atoms with Crippen LogP contribution in [0.2, 0.25) is 0 Å². The van der Waals surface area contributed by atoms with Crippen LogP contribution in [0.5, 0.6) is 0 Å². The van der Waals surface area contributed by atoms with Gasteiger partial charge in [0.1, 0.15) is 0 Å². The Labute approximate surface area is 230 Å². The summed E-state index contributed by atoms with van der Waals surface area (Å²) in [6.07, 6.45) is 0. The molecule has 0 atom stereocenters. The molecule has 3 heteroatoms. The van der Waals surface area contributed by atoms with Gasteiger partial charge in [0.05, 0.1) is 5.52 Å². The molecule has 0 unspecified atom stereocenters. The molecule has 184 valence electrons. The third kappa shape index (κ3) is 3.63. The molecular formula is C36H24N2S. The fourth-order valence-electron chi connectivity index (χ4n) is 5.79. The Hall–Kier alpha value is -4.86. The van der Waals surface area contributed by atoms with Crippen LogP contribution in [0, 0.1) is 0 Å². The topological polar surface area (TPSA) is 19.0 Å². The van der Waals surface area contributed by atoms with Crippen molar-refractivity contribution >= 4 is 70.4 Å². The van der Waals surface area contributed by atoms with Crippen molar-refractivity contribution in [1.29, 1.82) is 0 Å². The van der Waals surface area contributed by atoms with Crippen molar-refractivity contribution < 1.29 is 0 Å². The van der Waals surface area contributed by atoms with Gasteiger partial charge in [-0.15, -0.1) is 11.3 Å². The summed E-state index contributed by atoms with van der Waals surface area (Å²) in [5, 5.41) is 5.11. The van der Waals surface area contributed by atoms with Crippen molar-refractivity contribution in [2.45, 2.75) is 0 Å². The summed E-state index contributed by atoms with van der Waals surface area (Å²) >= 11 is 1.86. The second-order valence-electron chi connectivity index (χ2n) is 9.90. The van der Waals surface area contributed by atoms with Crippen molar-refractivity contribution in [1.82, 2.24) is 4.98 Å². The zero-order valence-electron chi connectivity index (χ0n) is 21.1. The number of thiophene rings is 1. The lowest BCUT2D eigenvalue weighted by Crippen LogP contribution is -2.09. The highest BCUT2D eigenvalue weighted by atomic mass is 32.1. The maximum Gasteiger partial charge on any atom is 0.0544 e. The number of para-hydroxylation sites is 4. The number of nitrogens with zero attached hydrogens (tertiary/aromatic N) is 1. The van der Waals surface area contributed by atoms with Gasteiger partial charge >= 0.3 is 0 Å². The Morgan fingerprint density at radius 1 is 0.462 bits per heavy atom. The molecule has 1 N–H and O–H groups in total. The van der Waals surface area contributed by atoms with Crippen LogP contribution < -0.4 is 4.90 Å². The molecule has 0 aliphatic rings. The Morgan fingerprint density at radius 3 is 1.87 bits per heavy atom. The maximum atomic E-state index is 3.68. The van der Waals surface area contributed by atoms with Crippen molar-refractivity contribution in [3.63, 3.8) is 0 Å². The first kappa shape index (κ1) is 22.2. The highest BCUT2D eigenvalue weighted by Gasteiger charge is 2.15. The lowest BCUT2D eigenvalue weighted by molar-refractivity contribution is 1.29. The van der Waals surface area contributed by atoms with Crippen molar-refractivity contribution in [2.75, 3.05) is 4.90 Å². The number of anilines is 3. The summed E-state index contributed by atoms with van der Waals surface area (Å²) in [5.74, 6) is 0. The van der Waals surface area contributed by atoms with Crippen LogP contribution in [-0.2, 0) is 0 Å². The van der Waals surface area contributed by atoms with Crippen LogP contribution in [0.3, 0.4) is 0 Å². The van der Waals surface area contributed by atoms with Gasteiger partial charge in [-0.25, -0.2) is 0 Å². The molecule has 2 aromatic heterocycles. The van der Waals surface area contributed by atoms with Crippen molar-refractivity contribution in [2.24, 2.45) is 0 Å². The van der Waals surface area contributed by atoms with E-state index in [0.29, 0.717) is 0 Å². The number of fused-ring (bicyclic) bond motifs is 6. The van der Waals surface area contributed by atoms with Crippen molar-refractivity contribution in [3.8, 4) is 11.1 Å².